The summed E-state index contributed by atoms with van der Waals surface area (Å²) in [7, 11) is 1.72. The van der Waals surface area contributed by atoms with Crippen LogP contribution in [0.5, 0.6) is 5.75 Å². The van der Waals surface area contributed by atoms with Gasteiger partial charge in [0, 0.05) is 23.2 Å². The quantitative estimate of drug-likeness (QED) is 0.174. The van der Waals surface area contributed by atoms with Crippen LogP contribution in [-0.4, -0.2) is 44.6 Å². The van der Waals surface area contributed by atoms with Crippen molar-refractivity contribution < 1.29 is 13.9 Å². The predicted molar refractivity (Wildman–Crippen MR) is 185 cm³/mol. The van der Waals surface area contributed by atoms with Gasteiger partial charge in [-0.15, -0.1) is 16.4 Å². The highest BCUT2D eigenvalue weighted by atomic mass is 32.1. The number of ether oxygens (including phenoxy) is 1. The first-order chi connectivity index (χ1) is 23.6. The Morgan fingerprint density at radius 3 is 2.79 bits per heavy atom. The first-order valence-corrected chi connectivity index (χ1v) is 18.1. The van der Waals surface area contributed by atoms with Crippen LogP contribution < -0.4 is 15.8 Å². The highest BCUT2D eigenvalue weighted by Gasteiger charge is 2.45. The summed E-state index contributed by atoms with van der Waals surface area (Å²) in [6, 6.07) is 10.5. The van der Waals surface area contributed by atoms with Gasteiger partial charge in [0.15, 0.2) is 0 Å². The fourth-order valence-corrected chi connectivity index (χ4v) is 9.84. The number of aromatic nitrogens is 4. The molecule has 9 rings (SSSR count). The summed E-state index contributed by atoms with van der Waals surface area (Å²) >= 11 is 1.61. The Hall–Kier alpha value is -4.51. The normalized spacial score (nSPS) is 20.4. The number of anilines is 1. The number of carbonyl (C=O) groups is 1. The van der Waals surface area contributed by atoms with Gasteiger partial charge in [0.2, 0.25) is 0 Å². The topological polar surface area (TPSA) is 126 Å². The van der Waals surface area contributed by atoms with E-state index >= 15 is 0 Å². The molecule has 4 aliphatic rings. The molecule has 48 heavy (non-hydrogen) atoms. The first-order valence-electron chi connectivity index (χ1n) is 17.3. The number of nitrogens with zero attached hydrogens (tertiary/aromatic N) is 4. The highest BCUT2D eigenvalue weighted by Crippen LogP contribution is 2.51. The van der Waals surface area contributed by atoms with Crippen LogP contribution in [0.2, 0.25) is 0 Å². The van der Waals surface area contributed by atoms with Crippen molar-refractivity contribution in [3.05, 3.63) is 75.2 Å². The maximum atomic E-state index is 14.2. The van der Waals surface area contributed by atoms with Crippen molar-refractivity contribution >= 4 is 33.1 Å². The second-order valence-electron chi connectivity index (χ2n) is 13.6. The third-order valence-electron chi connectivity index (χ3n) is 10.9. The predicted octanol–water partition coefficient (Wildman–Crippen LogP) is 7.61. The van der Waals surface area contributed by atoms with E-state index in [1.54, 1.807) is 18.4 Å². The van der Waals surface area contributed by atoms with Crippen molar-refractivity contribution in [1.82, 2.24) is 25.1 Å². The number of amides is 1. The average molecular weight is 663 g/mol. The fraction of sp³-hybridized carbons (Fsp3) is 0.432. The number of fused-ring (bicyclic) bond motifs is 5. The smallest absolute Gasteiger partial charge is 0.434 e. The van der Waals surface area contributed by atoms with Gasteiger partial charge in [-0.2, -0.15) is 0 Å². The number of nitrogens with one attached hydrogen (secondary N) is 2. The second-order valence-corrected chi connectivity index (χ2v) is 14.7. The van der Waals surface area contributed by atoms with Crippen LogP contribution in [-0.2, 0) is 12.8 Å². The number of H-pyrrole nitrogens is 1. The summed E-state index contributed by atoms with van der Waals surface area (Å²) in [5.41, 5.74) is 6.25. The molecule has 2 atom stereocenters. The lowest BCUT2D eigenvalue weighted by Crippen LogP contribution is -2.22. The molecule has 0 radical (unpaired) electrons. The van der Waals surface area contributed by atoms with Crippen molar-refractivity contribution in [2.45, 2.75) is 82.7 Å². The number of pyridine rings is 2. The van der Waals surface area contributed by atoms with Crippen molar-refractivity contribution in [2.24, 2.45) is 5.92 Å². The van der Waals surface area contributed by atoms with E-state index in [1.165, 1.54) is 43.2 Å². The molecule has 0 bridgehead atoms. The molecule has 1 saturated heterocycles. The van der Waals surface area contributed by atoms with Crippen LogP contribution in [0.4, 0.5) is 5.82 Å². The van der Waals surface area contributed by atoms with E-state index in [-0.39, 0.29) is 23.9 Å². The van der Waals surface area contributed by atoms with Crippen LogP contribution >= 0.6 is 11.3 Å². The van der Waals surface area contributed by atoms with Gasteiger partial charge in [-0.25, -0.2) is 14.9 Å². The van der Waals surface area contributed by atoms with Crippen molar-refractivity contribution in [3.8, 4) is 27.6 Å². The minimum absolute atomic E-state index is 0.00148. The number of carbonyl (C=O) groups excluding carboxylic acids is 1. The Labute approximate surface area is 281 Å². The summed E-state index contributed by atoms with van der Waals surface area (Å²) in [4.78, 5) is 39.5. The second kappa shape index (κ2) is 11.9. The number of thiophene rings is 1. The van der Waals surface area contributed by atoms with E-state index in [0.29, 0.717) is 17.0 Å². The molecular weight excluding hydrogens is 625 g/mol. The van der Waals surface area contributed by atoms with Crippen molar-refractivity contribution in [3.63, 3.8) is 0 Å². The molecule has 4 aromatic heterocycles. The lowest BCUT2D eigenvalue weighted by atomic mass is 9.84. The van der Waals surface area contributed by atoms with E-state index in [4.69, 9.17) is 19.1 Å². The Balaban J connectivity index is 1.19. The van der Waals surface area contributed by atoms with Gasteiger partial charge >= 0.3 is 5.76 Å². The minimum Gasteiger partial charge on any atom is -0.496 e. The Morgan fingerprint density at radius 2 is 1.96 bits per heavy atom. The van der Waals surface area contributed by atoms with E-state index in [1.807, 2.05) is 29.3 Å². The molecule has 11 heteroatoms. The van der Waals surface area contributed by atoms with Gasteiger partial charge in [-0.1, -0.05) is 44.2 Å². The lowest BCUT2D eigenvalue weighted by molar-refractivity contribution is 0.0776. The molecule has 1 aromatic carbocycles. The number of hydrogen-bond acceptors (Lipinski definition) is 9. The molecule has 2 fully saturated rings. The van der Waals surface area contributed by atoms with Gasteiger partial charge in [-0.3, -0.25) is 9.78 Å². The number of rotatable bonds is 8. The SMILES string of the molecule is COc1cccc2c1CC[C@@H]2Nc1nccc2cc(-c3c4c(nc(CCC5CCCCC5)c3-c3n[nH]c(=O)o3)C3CCCN3C4=O)sc12. The average Bonchev–Trinajstić information content (AvgIpc) is 3.95. The largest absolute Gasteiger partial charge is 0.496 e. The summed E-state index contributed by atoms with van der Waals surface area (Å²) in [6.07, 6.45) is 13.7. The van der Waals surface area contributed by atoms with E-state index in [2.05, 4.69) is 27.6 Å². The Morgan fingerprint density at radius 1 is 1.06 bits per heavy atom. The number of aromatic amines is 1. The zero-order valence-electron chi connectivity index (χ0n) is 27.0. The molecule has 10 nitrogen and oxygen atoms in total. The van der Waals surface area contributed by atoms with Gasteiger partial charge < -0.3 is 19.4 Å². The number of hydrogen-bond donors (Lipinski definition) is 2. The summed E-state index contributed by atoms with van der Waals surface area (Å²) in [5.74, 6) is 1.95. The van der Waals surface area contributed by atoms with E-state index < -0.39 is 5.76 Å². The molecule has 246 valence electrons. The standard InChI is InChI=1S/C37H38N6O4S/c1-46-27-11-5-9-22-23(27)13-15-24(22)40-34-33-21(16-17-38-34)19-28(48-33)30-29(35-41-42-37(45)47-35)25(14-12-20-7-3-2-4-8-20)39-32-26-10-6-18-43(26)36(44)31(30)32/h5,9,11,16-17,19-20,24,26H,2-4,6-8,10,12-15,18H2,1H3,(H,38,40)(H,42,45)/t24-,26?/m0/s1. The van der Waals surface area contributed by atoms with E-state index in [9.17, 15) is 9.59 Å². The molecule has 6 heterocycles. The molecular formula is C37H38N6O4S. The molecule has 2 aliphatic carbocycles. The third-order valence-corrected chi connectivity index (χ3v) is 12.1. The molecule has 1 unspecified atom stereocenters. The Kier molecular flexibility index (Phi) is 7.33. The molecule has 0 spiro atoms. The maximum Gasteiger partial charge on any atom is 0.434 e. The molecule has 1 amide bonds. The van der Waals surface area contributed by atoms with Crippen molar-refractivity contribution in [2.75, 3.05) is 19.0 Å². The lowest BCUT2D eigenvalue weighted by Gasteiger charge is -2.22. The molecule has 5 aromatic rings. The molecule has 1 saturated carbocycles. The zero-order valence-corrected chi connectivity index (χ0v) is 27.8. The van der Waals surface area contributed by atoms with Gasteiger partial charge in [-0.05, 0) is 79.2 Å². The van der Waals surface area contributed by atoms with Gasteiger partial charge in [0.25, 0.3) is 11.8 Å². The number of benzene rings is 1. The van der Waals surface area contributed by atoms with Crippen LogP contribution in [0, 0.1) is 5.92 Å². The minimum atomic E-state index is -0.623. The van der Waals surface area contributed by atoms with Gasteiger partial charge in [0.1, 0.15) is 11.6 Å². The highest BCUT2D eigenvalue weighted by molar-refractivity contribution is 7.23. The summed E-state index contributed by atoms with van der Waals surface area (Å²) in [6.45, 7) is 0.724. The number of methoxy groups -OCH3 is 1. The number of aryl methyl sites for hydroxylation is 1. The van der Waals surface area contributed by atoms with Crippen LogP contribution in [0.15, 0.2) is 45.7 Å². The molecule has 2 aliphatic heterocycles. The third kappa shape index (κ3) is 4.84. The van der Waals surface area contributed by atoms with E-state index in [0.717, 1.165) is 88.6 Å². The van der Waals surface area contributed by atoms with Crippen LogP contribution in [0.3, 0.4) is 0 Å². The summed E-state index contributed by atoms with van der Waals surface area (Å²) in [5, 5.41) is 11.6. The van der Waals surface area contributed by atoms with Crippen molar-refractivity contribution in [1.29, 1.82) is 0 Å². The maximum absolute atomic E-state index is 14.2. The first kappa shape index (κ1) is 29.6. The van der Waals surface area contributed by atoms with Gasteiger partial charge in [0.05, 0.1) is 46.4 Å². The fourth-order valence-electron chi connectivity index (χ4n) is 8.68. The summed E-state index contributed by atoms with van der Waals surface area (Å²) < 4.78 is 12.3. The monoisotopic (exact) mass is 662 g/mol. The van der Waals surface area contributed by atoms with Crippen LogP contribution in [0.1, 0.15) is 103 Å². The molecule has 2 N–H and O–H groups in total. The van der Waals surface area contributed by atoms with Crippen LogP contribution in [0.25, 0.3) is 32.0 Å². The zero-order chi connectivity index (χ0) is 32.4. The Bertz CT molecular complexity index is 2110.